The number of aromatic hydroxyl groups is 1. The summed E-state index contributed by atoms with van der Waals surface area (Å²) >= 11 is 3.14. The number of hydrogen-bond acceptors (Lipinski definition) is 2. The molecule has 0 saturated heterocycles. The second-order valence-electron chi connectivity index (χ2n) is 3.46. The molecule has 16 heavy (non-hydrogen) atoms. The number of hydrogen-bond donors (Lipinski definition) is 2. The molecule has 0 aliphatic heterocycles. The van der Waals surface area contributed by atoms with Gasteiger partial charge in [-0.3, -0.25) is 0 Å². The van der Waals surface area contributed by atoms with Gasteiger partial charge < -0.3 is 10.8 Å². The van der Waals surface area contributed by atoms with Crippen LogP contribution in [0.4, 0.5) is 13.2 Å². The van der Waals surface area contributed by atoms with E-state index in [4.69, 9.17) is 5.73 Å². The molecule has 0 aliphatic rings. The molecule has 3 N–H and O–H groups in total. The molecule has 0 aliphatic carbocycles. The summed E-state index contributed by atoms with van der Waals surface area (Å²) in [6.07, 6.45) is -5.41. The van der Waals surface area contributed by atoms with E-state index in [9.17, 15) is 18.3 Å². The summed E-state index contributed by atoms with van der Waals surface area (Å²) in [5.74, 6) is -0.0935. The molecule has 1 atom stereocenters. The molecule has 1 aromatic carbocycles. The van der Waals surface area contributed by atoms with Crippen LogP contribution in [0.3, 0.4) is 0 Å². The fourth-order valence-electron chi connectivity index (χ4n) is 1.31. The van der Waals surface area contributed by atoms with Crippen molar-refractivity contribution in [2.45, 2.75) is 25.1 Å². The summed E-state index contributed by atoms with van der Waals surface area (Å²) in [5, 5.41) is 9.50. The molecule has 0 heterocycles. The van der Waals surface area contributed by atoms with Crippen LogP contribution >= 0.6 is 15.9 Å². The van der Waals surface area contributed by atoms with Crippen molar-refractivity contribution >= 4 is 15.9 Å². The number of nitrogens with two attached hydrogens (primary N) is 1. The predicted molar refractivity (Wildman–Crippen MR) is 58.0 cm³/mol. The number of alkyl halides is 3. The summed E-state index contributed by atoms with van der Waals surface area (Å²) in [6.45, 7) is 0. The summed E-state index contributed by atoms with van der Waals surface area (Å²) < 4.78 is 36.6. The van der Waals surface area contributed by atoms with Crippen LogP contribution in [0.25, 0.3) is 0 Å². The highest BCUT2D eigenvalue weighted by atomic mass is 79.9. The first-order chi connectivity index (χ1) is 7.29. The van der Waals surface area contributed by atoms with Crippen LogP contribution in [0.15, 0.2) is 22.7 Å². The Hall–Kier alpha value is -0.750. The Balaban J connectivity index is 2.70. The van der Waals surface area contributed by atoms with Gasteiger partial charge in [0.15, 0.2) is 0 Å². The van der Waals surface area contributed by atoms with E-state index in [2.05, 4.69) is 15.9 Å². The molecule has 0 radical (unpaired) electrons. The van der Waals surface area contributed by atoms with Gasteiger partial charge >= 0.3 is 6.18 Å². The number of phenols is 1. The van der Waals surface area contributed by atoms with Crippen molar-refractivity contribution < 1.29 is 18.3 Å². The monoisotopic (exact) mass is 297 g/mol. The van der Waals surface area contributed by atoms with Crippen LogP contribution in [0, 0.1) is 0 Å². The lowest BCUT2D eigenvalue weighted by Gasteiger charge is -2.15. The van der Waals surface area contributed by atoms with Crippen LogP contribution in [0.1, 0.15) is 24.4 Å². The summed E-state index contributed by atoms with van der Waals surface area (Å²) in [5.41, 5.74) is 5.90. The molecule has 0 fully saturated rings. The smallest absolute Gasteiger partial charge is 0.389 e. The number of benzene rings is 1. The van der Waals surface area contributed by atoms with Gasteiger partial charge in [0.1, 0.15) is 5.75 Å². The number of rotatable bonds is 3. The van der Waals surface area contributed by atoms with E-state index >= 15 is 0 Å². The van der Waals surface area contributed by atoms with Gasteiger partial charge in [0.25, 0.3) is 0 Å². The van der Waals surface area contributed by atoms with Crippen molar-refractivity contribution in [1.82, 2.24) is 0 Å². The molecule has 0 saturated carbocycles. The molecule has 90 valence electrons. The topological polar surface area (TPSA) is 46.2 Å². The first-order valence-corrected chi connectivity index (χ1v) is 5.39. The molecule has 2 nitrogen and oxygen atoms in total. The molecule has 6 heteroatoms. The predicted octanol–water partition coefficient (Wildman–Crippen LogP) is 3.50. The zero-order valence-corrected chi connectivity index (χ0v) is 9.85. The quantitative estimate of drug-likeness (QED) is 0.897. The van der Waals surface area contributed by atoms with Gasteiger partial charge in [-0.1, -0.05) is 22.0 Å². The summed E-state index contributed by atoms with van der Waals surface area (Å²) in [7, 11) is 0. The molecule has 0 unspecified atom stereocenters. The van der Waals surface area contributed by atoms with Crippen LogP contribution in [-0.2, 0) is 0 Å². The van der Waals surface area contributed by atoms with E-state index in [0.29, 0.717) is 10.0 Å². The normalized spacial score (nSPS) is 13.8. The Kier molecular flexibility index (Phi) is 4.21. The van der Waals surface area contributed by atoms with Gasteiger partial charge in [0, 0.05) is 22.5 Å². The molecule has 0 amide bonds. The lowest BCUT2D eigenvalue weighted by Crippen LogP contribution is -2.15. The van der Waals surface area contributed by atoms with Crippen LogP contribution in [0.5, 0.6) is 5.75 Å². The maximum absolute atomic E-state index is 12.0. The largest absolute Gasteiger partial charge is 0.508 e. The second kappa shape index (κ2) is 5.05. The van der Waals surface area contributed by atoms with E-state index in [0.717, 1.165) is 0 Å². The van der Waals surface area contributed by atoms with Gasteiger partial charge in [-0.15, -0.1) is 0 Å². The van der Waals surface area contributed by atoms with Gasteiger partial charge in [0.2, 0.25) is 0 Å². The van der Waals surface area contributed by atoms with Gasteiger partial charge in [-0.2, -0.15) is 13.2 Å². The van der Waals surface area contributed by atoms with Crippen molar-refractivity contribution in [1.29, 1.82) is 0 Å². The van der Waals surface area contributed by atoms with E-state index in [1.54, 1.807) is 6.07 Å². The summed E-state index contributed by atoms with van der Waals surface area (Å²) in [4.78, 5) is 0. The Morgan fingerprint density at radius 3 is 2.50 bits per heavy atom. The first-order valence-electron chi connectivity index (χ1n) is 4.60. The lowest BCUT2D eigenvalue weighted by atomic mass is 10.0. The summed E-state index contributed by atoms with van der Waals surface area (Å²) in [6, 6.07) is 3.74. The average Bonchev–Trinajstić information content (AvgIpc) is 2.13. The number of halogens is 4. The Labute approximate surface area is 99.4 Å². The lowest BCUT2D eigenvalue weighted by molar-refractivity contribution is -0.136. The second-order valence-corrected chi connectivity index (χ2v) is 4.38. The first kappa shape index (κ1) is 13.3. The fourth-order valence-corrected chi connectivity index (χ4v) is 1.65. The van der Waals surface area contributed by atoms with Crippen LogP contribution in [0.2, 0.25) is 0 Å². The molecule has 0 spiro atoms. The highest BCUT2D eigenvalue weighted by Crippen LogP contribution is 2.31. The highest BCUT2D eigenvalue weighted by molar-refractivity contribution is 9.10. The Bertz CT molecular complexity index is 368. The van der Waals surface area contributed by atoms with Crippen molar-refractivity contribution in [2.75, 3.05) is 0 Å². The molecule has 0 aromatic heterocycles. The zero-order valence-electron chi connectivity index (χ0n) is 8.26. The molecule has 0 bridgehead atoms. The van der Waals surface area contributed by atoms with Crippen LogP contribution in [-0.4, -0.2) is 11.3 Å². The van der Waals surface area contributed by atoms with E-state index < -0.39 is 18.6 Å². The van der Waals surface area contributed by atoms with Crippen molar-refractivity contribution in [3.05, 3.63) is 28.2 Å². The van der Waals surface area contributed by atoms with Gasteiger partial charge in [-0.25, -0.2) is 0 Å². The van der Waals surface area contributed by atoms with Gasteiger partial charge in [-0.05, 0) is 18.6 Å². The standard InChI is InChI=1S/C10H11BrF3NO/c11-6-1-2-7(9(16)5-6)8(15)3-4-10(12,13)14/h1-2,5,8,16H,3-4,15H2/t8-/m0/s1. The van der Waals surface area contributed by atoms with E-state index in [1.165, 1.54) is 12.1 Å². The fraction of sp³-hybridized carbons (Fsp3) is 0.400. The maximum atomic E-state index is 12.0. The van der Waals surface area contributed by atoms with E-state index in [1.807, 2.05) is 0 Å². The minimum absolute atomic E-state index is 0.0935. The minimum atomic E-state index is -4.22. The minimum Gasteiger partial charge on any atom is -0.508 e. The molecular formula is C10H11BrF3NO. The Morgan fingerprint density at radius 2 is 2.00 bits per heavy atom. The molecular weight excluding hydrogens is 287 g/mol. The van der Waals surface area contributed by atoms with Crippen molar-refractivity contribution in [2.24, 2.45) is 5.73 Å². The Morgan fingerprint density at radius 1 is 1.38 bits per heavy atom. The third-order valence-electron chi connectivity index (χ3n) is 2.13. The molecule has 1 rings (SSSR count). The SMILES string of the molecule is N[C@@H](CCC(F)(F)F)c1ccc(Br)cc1O. The third kappa shape index (κ3) is 4.02. The van der Waals surface area contributed by atoms with Crippen LogP contribution < -0.4 is 5.73 Å². The molecule has 1 aromatic rings. The van der Waals surface area contributed by atoms with Gasteiger partial charge in [0.05, 0.1) is 0 Å². The van der Waals surface area contributed by atoms with Crippen molar-refractivity contribution in [3.63, 3.8) is 0 Å². The third-order valence-corrected chi connectivity index (χ3v) is 2.62. The van der Waals surface area contributed by atoms with E-state index in [-0.39, 0.29) is 12.2 Å². The average molecular weight is 298 g/mol. The zero-order chi connectivity index (χ0) is 12.3. The highest BCUT2D eigenvalue weighted by Gasteiger charge is 2.28. The van der Waals surface area contributed by atoms with Crippen molar-refractivity contribution in [3.8, 4) is 5.75 Å². The number of phenolic OH excluding ortho intramolecular Hbond substituents is 1. The maximum Gasteiger partial charge on any atom is 0.389 e.